The third-order valence-electron chi connectivity index (χ3n) is 5.90. The van der Waals surface area contributed by atoms with Gasteiger partial charge in [-0.25, -0.2) is 14.8 Å². The first kappa shape index (κ1) is 22.6. The lowest BCUT2D eigenvalue weighted by atomic mass is 10.0. The van der Waals surface area contributed by atoms with E-state index in [1.807, 2.05) is 50.2 Å². The van der Waals surface area contributed by atoms with Gasteiger partial charge in [-0.1, -0.05) is 35.9 Å². The smallest absolute Gasteiger partial charge is 0.356 e. The zero-order valence-corrected chi connectivity index (χ0v) is 19.9. The van der Waals surface area contributed by atoms with Crippen LogP contribution in [0.25, 0.3) is 33.5 Å². The van der Waals surface area contributed by atoms with E-state index in [0.717, 1.165) is 16.5 Å². The molecule has 3 aromatic heterocycles. The second-order valence-corrected chi connectivity index (χ2v) is 8.79. The van der Waals surface area contributed by atoms with Crippen molar-refractivity contribution in [2.75, 3.05) is 5.32 Å². The lowest BCUT2D eigenvalue weighted by Crippen LogP contribution is -2.22. The van der Waals surface area contributed by atoms with Crippen molar-refractivity contribution in [2.24, 2.45) is 7.05 Å². The van der Waals surface area contributed by atoms with Crippen LogP contribution in [0.4, 0.5) is 5.69 Å². The van der Waals surface area contributed by atoms with Gasteiger partial charge in [0, 0.05) is 18.0 Å². The number of nitrogens with one attached hydrogen (secondary N) is 1. The normalized spacial score (nSPS) is 12.2. The zero-order valence-electron chi connectivity index (χ0n) is 19.2. The molecule has 1 unspecified atom stereocenters. The molecule has 5 rings (SSSR count). The average Bonchev–Trinajstić information content (AvgIpc) is 3.26. The molecule has 1 atom stereocenters. The number of aromatic carboxylic acids is 1. The number of pyridine rings is 1. The number of carbonyl (C=O) groups is 1. The van der Waals surface area contributed by atoms with E-state index in [0.29, 0.717) is 33.8 Å². The summed E-state index contributed by atoms with van der Waals surface area (Å²) in [5.74, 6) is -0.319. The summed E-state index contributed by atoms with van der Waals surface area (Å²) in [5.41, 5.74) is 2.74. The average molecular weight is 489 g/mol. The molecule has 5 aromatic rings. The first-order valence-electron chi connectivity index (χ1n) is 10.9. The Kier molecular flexibility index (Phi) is 5.53. The van der Waals surface area contributed by atoms with E-state index in [4.69, 9.17) is 21.0 Å². The van der Waals surface area contributed by atoms with Crippen LogP contribution in [-0.4, -0.2) is 25.6 Å². The van der Waals surface area contributed by atoms with Gasteiger partial charge < -0.3 is 14.8 Å². The highest BCUT2D eigenvalue weighted by Gasteiger charge is 2.21. The molecule has 0 saturated carbocycles. The standard InChI is InChI=1S/C26H21ClN4O4/c1-13-10-16(14(2)28-18-8-9-21(27)29-23(18)26(33)34)22-17(11-13)25(32)31(3)24(30-22)20-12-15-6-4-5-7-19(15)35-20/h4-12,14,28H,1-3H3,(H,33,34). The largest absolute Gasteiger partial charge is 0.476 e. The molecule has 0 saturated heterocycles. The minimum atomic E-state index is -1.20. The molecule has 3 heterocycles. The number of para-hydroxylation sites is 1. The van der Waals surface area contributed by atoms with Crippen LogP contribution in [0.5, 0.6) is 0 Å². The quantitative estimate of drug-likeness (QED) is 0.311. The maximum Gasteiger partial charge on any atom is 0.356 e. The van der Waals surface area contributed by atoms with Crippen molar-refractivity contribution in [3.8, 4) is 11.6 Å². The van der Waals surface area contributed by atoms with Crippen molar-refractivity contribution in [1.29, 1.82) is 0 Å². The fraction of sp³-hybridized carbons (Fsp3) is 0.154. The van der Waals surface area contributed by atoms with Gasteiger partial charge in [-0.3, -0.25) is 9.36 Å². The van der Waals surface area contributed by atoms with Gasteiger partial charge >= 0.3 is 5.97 Å². The Bertz CT molecular complexity index is 1660. The monoisotopic (exact) mass is 488 g/mol. The van der Waals surface area contributed by atoms with Crippen molar-refractivity contribution >= 4 is 45.1 Å². The summed E-state index contributed by atoms with van der Waals surface area (Å²) >= 11 is 5.89. The second-order valence-electron chi connectivity index (χ2n) is 8.40. The SMILES string of the molecule is Cc1cc(C(C)Nc2ccc(Cl)nc2C(=O)O)c2nc(-c3cc4ccccc4o3)n(C)c(=O)c2c1. The molecule has 9 heteroatoms. The van der Waals surface area contributed by atoms with Gasteiger partial charge in [-0.15, -0.1) is 0 Å². The van der Waals surface area contributed by atoms with E-state index >= 15 is 0 Å². The van der Waals surface area contributed by atoms with Gasteiger partial charge in [0.25, 0.3) is 5.56 Å². The number of halogens is 1. The molecule has 0 aliphatic rings. The highest BCUT2D eigenvalue weighted by molar-refractivity contribution is 6.29. The molecule has 35 heavy (non-hydrogen) atoms. The van der Waals surface area contributed by atoms with E-state index in [2.05, 4.69) is 10.3 Å². The maximum absolute atomic E-state index is 13.4. The van der Waals surface area contributed by atoms with E-state index in [-0.39, 0.29) is 16.4 Å². The number of fused-ring (bicyclic) bond motifs is 2. The van der Waals surface area contributed by atoms with Gasteiger partial charge in [-0.05, 0) is 49.7 Å². The van der Waals surface area contributed by atoms with Gasteiger partial charge in [0.05, 0.1) is 22.6 Å². The Labute approximate surface area is 204 Å². The number of furan rings is 1. The van der Waals surface area contributed by atoms with Gasteiger partial charge in [-0.2, -0.15) is 0 Å². The predicted octanol–water partition coefficient (Wildman–Crippen LogP) is 5.57. The Morgan fingerprint density at radius 3 is 2.66 bits per heavy atom. The third-order valence-corrected chi connectivity index (χ3v) is 6.11. The molecule has 0 aliphatic heterocycles. The first-order valence-corrected chi connectivity index (χ1v) is 11.3. The number of aromatic nitrogens is 3. The number of rotatable bonds is 5. The summed E-state index contributed by atoms with van der Waals surface area (Å²) < 4.78 is 7.47. The van der Waals surface area contributed by atoms with Crippen molar-refractivity contribution in [3.05, 3.63) is 86.9 Å². The summed E-state index contributed by atoms with van der Waals surface area (Å²) in [6, 6.07) is 15.9. The fourth-order valence-corrected chi connectivity index (χ4v) is 4.37. The summed E-state index contributed by atoms with van der Waals surface area (Å²) in [4.78, 5) is 33.8. The summed E-state index contributed by atoms with van der Waals surface area (Å²) in [5, 5.41) is 14.2. The highest BCUT2D eigenvalue weighted by atomic mass is 35.5. The van der Waals surface area contributed by atoms with Crippen molar-refractivity contribution in [1.82, 2.24) is 14.5 Å². The Morgan fingerprint density at radius 2 is 1.91 bits per heavy atom. The van der Waals surface area contributed by atoms with E-state index < -0.39 is 12.0 Å². The van der Waals surface area contributed by atoms with Crippen molar-refractivity contribution in [2.45, 2.75) is 19.9 Å². The van der Waals surface area contributed by atoms with Crippen LogP contribution in [0.2, 0.25) is 5.15 Å². The maximum atomic E-state index is 13.4. The molecule has 2 N–H and O–H groups in total. The molecular weight excluding hydrogens is 468 g/mol. The Balaban J connectivity index is 1.67. The van der Waals surface area contributed by atoms with Crippen LogP contribution in [0.15, 0.2) is 63.8 Å². The molecular formula is C26H21ClN4O4. The molecule has 0 spiro atoms. The molecule has 0 radical (unpaired) electrons. The summed E-state index contributed by atoms with van der Waals surface area (Å²) in [6.45, 7) is 3.77. The molecule has 0 bridgehead atoms. The Hall–Kier alpha value is -4.17. The zero-order chi connectivity index (χ0) is 24.9. The van der Waals surface area contributed by atoms with Crippen molar-refractivity contribution < 1.29 is 14.3 Å². The first-order chi connectivity index (χ1) is 16.7. The molecule has 0 fully saturated rings. The lowest BCUT2D eigenvalue weighted by Gasteiger charge is -2.20. The highest BCUT2D eigenvalue weighted by Crippen LogP contribution is 2.31. The van der Waals surface area contributed by atoms with Gasteiger partial charge in [0.2, 0.25) is 0 Å². The molecule has 176 valence electrons. The molecule has 2 aromatic carbocycles. The number of hydrogen-bond acceptors (Lipinski definition) is 6. The minimum absolute atomic E-state index is 0.0854. The van der Waals surface area contributed by atoms with Gasteiger partial charge in [0.1, 0.15) is 10.7 Å². The summed E-state index contributed by atoms with van der Waals surface area (Å²) in [7, 11) is 1.67. The molecule has 0 amide bonds. The van der Waals surface area contributed by atoms with Crippen LogP contribution in [0.1, 0.15) is 34.6 Å². The lowest BCUT2D eigenvalue weighted by molar-refractivity contribution is 0.0691. The van der Waals surface area contributed by atoms with E-state index in [9.17, 15) is 14.7 Å². The number of nitrogens with zero attached hydrogens (tertiary/aromatic N) is 3. The number of benzene rings is 2. The van der Waals surface area contributed by atoms with E-state index in [1.165, 1.54) is 10.6 Å². The van der Waals surface area contributed by atoms with Crippen molar-refractivity contribution in [3.63, 3.8) is 0 Å². The van der Waals surface area contributed by atoms with Crippen LogP contribution < -0.4 is 10.9 Å². The number of aryl methyl sites for hydroxylation is 1. The van der Waals surface area contributed by atoms with E-state index in [1.54, 1.807) is 19.2 Å². The molecule has 8 nitrogen and oxygen atoms in total. The van der Waals surface area contributed by atoms with Crippen LogP contribution in [-0.2, 0) is 7.05 Å². The number of carboxylic acids is 1. The number of anilines is 1. The minimum Gasteiger partial charge on any atom is -0.476 e. The number of carboxylic acid groups (broad SMARTS) is 1. The fourth-order valence-electron chi connectivity index (χ4n) is 4.22. The molecule has 0 aliphatic carbocycles. The van der Waals surface area contributed by atoms with Crippen LogP contribution in [0, 0.1) is 6.92 Å². The van der Waals surface area contributed by atoms with Crippen LogP contribution >= 0.6 is 11.6 Å². The topological polar surface area (TPSA) is 110 Å². The number of hydrogen-bond donors (Lipinski definition) is 2. The second kappa shape index (κ2) is 8.56. The van der Waals surface area contributed by atoms with Crippen LogP contribution in [0.3, 0.4) is 0 Å². The third kappa shape index (κ3) is 4.02. The van der Waals surface area contributed by atoms with Gasteiger partial charge in [0.15, 0.2) is 17.3 Å². The summed E-state index contributed by atoms with van der Waals surface area (Å²) in [6.07, 6.45) is 0. The predicted molar refractivity (Wildman–Crippen MR) is 135 cm³/mol. The Morgan fingerprint density at radius 1 is 1.14 bits per heavy atom.